The number of piperidine rings is 1. The third-order valence-electron chi connectivity index (χ3n) is 5.31. The summed E-state index contributed by atoms with van der Waals surface area (Å²) in [5.41, 5.74) is 2.32. The van der Waals surface area contributed by atoms with Gasteiger partial charge in [0.1, 0.15) is 17.2 Å². The molecule has 30 heavy (non-hydrogen) atoms. The van der Waals surface area contributed by atoms with Gasteiger partial charge in [0.05, 0.1) is 26.1 Å². The zero-order chi connectivity index (χ0) is 20.9. The summed E-state index contributed by atoms with van der Waals surface area (Å²) >= 11 is 0. The molecular weight excluding hydrogens is 382 g/mol. The van der Waals surface area contributed by atoms with Gasteiger partial charge in [0.15, 0.2) is 5.82 Å². The van der Waals surface area contributed by atoms with E-state index >= 15 is 0 Å². The second-order valence-electron chi connectivity index (χ2n) is 7.40. The minimum absolute atomic E-state index is 0.171. The van der Waals surface area contributed by atoms with Gasteiger partial charge >= 0.3 is 0 Å². The Kier molecular flexibility index (Phi) is 6.04. The normalized spacial score (nSPS) is 16.9. The van der Waals surface area contributed by atoms with Crippen molar-refractivity contribution in [3.05, 3.63) is 64.5 Å². The summed E-state index contributed by atoms with van der Waals surface area (Å²) in [4.78, 5) is 30.4. The molecule has 0 amide bonds. The van der Waals surface area contributed by atoms with Crippen LogP contribution in [-0.2, 0) is 6.54 Å². The lowest BCUT2D eigenvalue weighted by molar-refractivity contribution is 0.198. The lowest BCUT2D eigenvalue weighted by atomic mass is 9.94. The van der Waals surface area contributed by atoms with E-state index in [4.69, 9.17) is 14.5 Å². The number of nitrogens with zero attached hydrogens (tertiary/aromatic N) is 4. The second-order valence-corrected chi connectivity index (χ2v) is 7.40. The molecule has 3 aromatic rings. The number of methoxy groups -OCH3 is 2. The number of rotatable bonds is 6. The molecule has 8 heteroatoms. The highest BCUT2D eigenvalue weighted by Crippen LogP contribution is 2.29. The molecule has 1 saturated heterocycles. The molecule has 1 N–H and O–H groups in total. The molecule has 0 spiro atoms. The molecule has 1 aromatic carbocycles. The molecule has 3 heterocycles. The Hall–Kier alpha value is -3.26. The maximum atomic E-state index is 12.3. The molecule has 1 fully saturated rings. The second kappa shape index (κ2) is 9.04. The van der Waals surface area contributed by atoms with Crippen LogP contribution in [0.5, 0.6) is 11.5 Å². The zero-order valence-corrected chi connectivity index (χ0v) is 17.2. The number of hydrogen-bond acceptors (Lipinski definition) is 7. The van der Waals surface area contributed by atoms with Crippen molar-refractivity contribution in [2.24, 2.45) is 0 Å². The fourth-order valence-electron chi connectivity index (χ4n) is 3.88. The summed E-state index contributed by atoms with van der Waals surface area (Å²) in [7, 11) is 3.31. The Morgan fingerprint density at radius 1 is 1.13 bits per heavy atom. The van der Waals surface area contributed by atoms with Crippen molar-refractivity contribution < 1.29 is 9.47 Å². The van der Waals surface area contributed by atoms with Crippen molar-refractivity contribution in [3.8, 4) is 23.0 Å². The highest BCUT2D eigenvalue weighted by molar-refractivity contribution is 5.46. The topological polar surface area (TPSA) is 93.2 Å². The predicted octanol–water partition coefficient (Wildman–Crippen LogP) is 2.62. The van der Waals surface area contributed by atoms with Gasteiger partial charge in [-0.1, -0.05) is 0 Å². The van der Waals surface area contributed by atoms with Crippen LogP contribution in [0.1, 0.15) is 30.0 Å². The van der Waals surface area contributed by atoms with Crippen LogP contribution in [0.25, 0.3) is 11.5 Å². The standard InChI is InChI=1S/C22H25N5O3/c1-29-17-8-15(9-18(10-17)30-2)13-27-7-3-4-16(14-27)19-11-21(28)26-22(25-19)20-12-23-5-6-24-20/h5-6,8-12,16H,3-4,7,13-14H2,1-2H3,(H,25,26,28)/t16-/m1/s1. The Balaban J connectivity index is 1.53. The van der Waals surface area contributed by atoms with Crippen LogP contribution in [-0.4, -0.2) is 52.1 Å². The van der Waals surface area contributed by atoms with E-state index in [1.807, 2.05) is 18.2 Å². The summed E-state index contributed by atoms with van der Waals surface area (Å²) < 4.78 is 10.8. The van der Waals surface area contributed by atoms with Crippen molar-refractivity contribution >= 4 is 0 Å². The molecule has 0 radical (unpaired) electrons. The summed E-state index contributed by atoms with van der Waals surface area (Å²) in [5.74, 6) is 2.20. The minimum atomic E-state index is -0.171. The molecule has 1 atom stereocenters. The number of H-pyrrole nitrogens is 1. The fraction of sp³-hybridized carbons (Fsp3) is 0.364. The van der Waals surface area contributed by atoms with E-state index in [0.29, 0.717) is 11.5 Å². The molecule has 0 unspecified atom stereocenters. The largest absolute Gasteiger partial charge is 0.497 e. The number of aromatic nitrogens is 4. The molecule has 0 aliphatic carbocycles. The van der Waals surface area contributed by atoms with E-state index in [9.17, 15) is 4.79 Å². The van der Waals surface area contributed by atoms with Crippen LogP contribution in [0.4, 0.5) is 0 Å². The van der Waals surface area contributed by atoms with E-state index < -0.39 is 0 Å². The molecule has 2 aromatic heterocycles. The van der Waals surface area contributed by atoms with Crippen LogP contribution in [0.15, 0.2) is 47.7 Å². The van der Waals surface area contributed by atoms with Gasteiger partial charge in [0, 0.05) is 43.5 Å². The van der Waals surface area contributed by atoms with Crippen LogP contribution >= 0.6 is 0 Å². The van der Waals surface area contributed by atoms with E-state index in [1.165, 1.54) is 0 Å². The molecule has 1 aliphatic rings. The maximum absolute atomic E-state index is 12.3. The van der Waals surface area contributed by atoms with Crippen molar-refractivity contribution in [1.82, 2.24) is 24.8 Å². The average molecular weight is 407 g/mol. The fourth-order valence-corrected chi connectivity index (χ4v) is 3.88. The third kappa shape index (κ3) is 4.65. The third-order valence-corrected chi connectivity index (χ3v) is 5.31. The van der Waals surface area contributed by atoms with Gasteiger partial charge in [-0.15, -0.1) is 0 Å². The average Bonchev–Trinajstić information content (AvgIpc) is 2.79. The number of likely N-dealkylation sites (tertiary alicyclic amines) is 1. The summed E-state index contributed by atoms with van der Waals surface area (Å²) in [6.07, 6.45) is 6.82. The summed E-state index contributed by atoms with van der Waals surface area (Å²) in [6.45, 7) is 2.61. The number of benzene rings is 1. The Morgan fingerprint density at radius 2 is 1.93 bits per heavy atom. The quantitative estimate of drug-likeness (QED) is 0.671. The van der Waals surface area contributed by atoms with Crippen LogP contribution < -0.4 is 15.0 Å². The molecule has 4 rings (SSSR count). The predicted molar refractivity (Wildman–Crippen MR) is 113 cm³/mol. The first-order valence-electron chi connectivity index (χ1n) is 9.96. The molecule has 0 saturated carbocycles. The van der Waals surface area contributed by atoms with E-state index in [2.05, 4.69) is 19.9 Å². The molecular formula is C22H25N5O3. The van der Waals surface area contributed by atoms with Crippen LogP contribution in [0, 0.1) is 0 Å². The Labute approximate surface area is 174 Å². The number of nitrogens with one attached hydrogen (secondary N) is 1. The van der Waals surface area contributed by atoms with Crippen molar-refractivity contribution in [2.45, 2.75) is 25.3 Å². The first-order chi connectivity index (χ1) is 14.6. The van der Waals surface area contributed by atoms with Gasteiger partial charge in [-0.3, -0.25) is 14.7 Å². The minimum Gasteiger partial charge on any atom is -0.497 e. The van der Waals surface area contributed by atoms with Crippen LogP contribution in [0.3, 0.4) is 0 Å². The zero-order valence-electron chi connectivity index (χ0n) is 17.2. The first kappa shape index (κ1) is 20.0. The molecule has 1 aliphatic heterocycles. The van der Waals surface area contributed by atoms with Gasteiger partial charge in [-0.05, 0) is 37.1 Å². The molecule has 8 nitrogen and oxygen atoms in total. The number of ether oxygens (including phenoxy) is 2. The van der Waals surface area contributed by atoms with Gasteiger partial charge in [0.25, 0.3) is 5.56 Å². The smallest absolute Gasteiger partial charge is 0.251 e. The van der Waals surface area contributed by atoms with Crippen molar-refractivity contribution in [2.75, 3.05) is 27.3 Å². The Bertz CT molecular complexity index is 1030. The van der Waals surface area contributed by atoms with Crippen molar-refractivity contribution in [1.29, 1.82) is 0 Å². The van der Waals surface area contributed by atoms with Gasteiger partial charge < -0.3 is 14.5 Å². The van der Waals surface area contributed by atoms with Gasteiger partial charge in [0.2, 0.25) is 0 Å². The highest BCUT2D eigenvalue weighted by Gasteiger charge is 2.24. The first-order valence-corrected chi connectivity index (χ1v) is 9.96. The summed E-state index contributed by atoms with van der Waals surface area (Å²) in [5, 5.41) is 0. The highest BCUT2D eigenvalue weighted by atomic mass is 16.5. The maximum Gasteiger partial charge on any atom is 0.251 e. The summed E-state index contributed by atoms with van der Waals surface area (Å²) in [6, 6.07) is 7.53. The van der Waals surface area contributed by atoms with Crippen LogP contribution in [0.2, 0.25) is 0 Å². The van der Waals surface area contributed by atoms with E-state index in [0.717, 1.165) is 55.2 Å². The Morgan fingerprint density at radius 3 is 2.63 bits per heavy atom. The lowest BCUT2D eigenvalue weighted by Gasteiger charge is -2.32. The lowest BCUT2D eigenvalue weighted by Crippen LogP contribution is -2.34. The van der Waals surface area contributed by atoms with Gasteiger partial charge in [-0.2, -0.15) is 0 Å². The van der Waals surface area contributed by atoms with E-state index in [-0.39, 0.29) is 11.5 Å². The monoisotopic (exact) mass is 407 g/mol. The van der Waals surface area contributed by atoms with E-state index in [1.54, 1.807) is 38.9 Å². The number of aromatic amines is 1. The molecule has 0 bridgehead atoms. The molecule has 156 valence electrons. The van der Waals surface area contributed by atoms with Gasteiger partial charge in [-0.25, -0.2) is 9.97 Å². The van der Waals surface area contributed by atoms with Crippen molar-refractivity contribution in [3.63, 3.8) is 0 Å². The number of hydrogen-bond donors (Lipinski definition) is 1. The SMILES string of the molecule is COc1cc(CN2CCC[C@@H](c3cc(=O)[nH]c(-c4cnccn4)n3)C2)cc(OC)c1.